The van der Waals surface area contributed by atoms with Gasteiger partial charge in [-0.15, -0.1) is 11.3 Å². The van der Waals surface area contributed by atoms with E-state index in [1.54, 1.807) is 4.57 Å². The van der Waals surface area contributed by atoms with Gasteiger partial charge in [0.1, 0.15) is 5.83 Å². The fourth-order valence-electron chi connectivity index (χ4n) is 3.62. The van der Waals surface area contributed by atoms with Gasteiger partial charge in [-0.05, 0) is 35.9 Å². The van der Waals surface area contributed by atoms with Crippen LogP contribution in [0.1, 0.15) is 59.3 Å². The molecular formula is C17H18FN3O2S. The van der Waals surface area contributed by atoms with Gasteiger partial charge >= 0.3 is 5.69 Å². The largest absolute Gasteiger partial charge is 0.328 e. The molecule has 24 heavy (non-hydrogen) atoms. The van der Waals surface area contributed by atoms with Crippen molar-refractivity contribution in [1.82, 2.24) is 9.55 Å². The number of H-pyrrole nitrogens is 1. The number of allylic oxidation sites excluding steroid dienone is 1. The van der Waals surface area contributed by atoms with Gasteiger partial charge in [0.15, 0.2) is 0 Å². The molecule has 4 rings (SSSR count). The molecule has 5 nitrogen and oxygen atoms in total. The molecule has 0 bridgehead atoms. The van der Waals surface area contributed by atoms with Crippen molar-refractivity contribution in [2.24, 2.45) is 5.73 Å². The molecule has 2 atom stereocenters. The third kappa shape index (κ3) is 2.31. The van der Waals surface area contributed by atoms with Crippen LogP contribution in [0, 0.1) is 0 Å². The molecule has 2 aliphatic rings. The monoisotopic (exact) mass is 347 g/mol. The number of nitrogens with one attached hydrogen (secondary N) is 1. The molecule has 0 aliphatic heterocycles. The van der Waals surface area contributed by atoms with Crippen molar-refractivity contribution in [3.8, 4) is 0 Å². The van der Waals surface area contributed by atoms with Gasteiger partial charge in [0.25, 0.3) is 5.56 Å². The van der Waals surface area contributed by atoms with Gasteiger partial charge in [0.2, 0.25) is 0 Å². The molecule has 2 aliphatic carbocycles. The van der Waals surface area contributed by atoms with Crippen LogP contribution < -0.4 is 17.0 Å². The highest BCUT2D eigenvalue weighted by molar-refractivity contribution is 7.10. The highest BCUT2D eigenvalue weighted by Crippen LogP contribution is 2.47. The normalized spacial score (nSPS) is 23.0. The number of hydrogen-bond donors (Lipinski definition) is 2. The molecule has 0 aromatic carbocycles. The second kappa shape index (κ2) is 5.53. The zero-order valence-corrected chi connectivity index (χ0v) is 14.0. The standard InChI is InChI=1S/C17H18FN3O2S/c1-8-14(9-4-11(6-19)24-7-9)13(18)5-12-15(8)21(10-2-3-10)17(23)20-16(12)22/h4-5,7-8,10,14H,2-3,6,19H2,1H3,(H,20,22,23). The van der Waals surface area contributed by atoms with Crippen LogP contribution in [0.5, 0.6) is 0 Å². The van der Waals surface area contributed by atoms with E-state index in [2.05, 4.69) is 4.98 Å². The molecule has 2 aromatic rings. The average molecular weight is 347 g/mol. The second-order valence-corrected chi connectivity index (χ2v) is 7.50. The lowest BCUT2D eigenvalue weighted by Crippen LogP contribution is -2.37. The van der Waals surface area contributed by atoms with Gasteiger partial charge in [0, 0.05) is 35.0 Å². The van der Waals surface area contributed by atoms with E-state index < -0.39 is 17.2 Å². The molecule has 7 heteroatoms. The summed E-state index contributed by atoms with van der Waals surface area (Å²) in [5.41, 5.74) is 6.53. The van der Waals surface area contributed by atoms with Gasteiger partial charge in [-0.25, -0.2) is 9.18 Å². The number of thiophene rings is 1. The third-order valence-electron chi connectivity index (χ3n) is 4.88. The van der Waals surface area contributed by atoms with E-state index in [9.17, 15) is 14.0 Å². The number of fused-ring (bicyclic) bond motifs is 1. The van der Waals surface area contributed by atoms with Gasteiger partial charge in [0.05, 0.1) is 5.56 Å². The number of hydrogen-bond acceptors (Lipinski definition) is 4. The molecule has 1 saturated carbocycles. The minimum atomic E-state index is -0.514. The van der Waals surface area contributed by atoms with Crippen LogP contribution >= 0.6 is 11.3 Å². The lowest BCUT2D eigenvalue weighted by molar-refractivity contribution is 0.466. The number of rotatable bonds is 3. The Morgan fingerprint density at radius 3 is 2.79 bits per heavy atom. The zero-order valence-electron chi connectivity index (χ0n) is 13.2. The number of nitrogens with two attached hydrogens (primary N) is 1. The van der Waals surface area contributed by atoms with Crippen LogP contribution in [0.25, 0.3) is 6.08 Å². The Morgan fingerprint density at radius 2 is 2.17 bits per heavy atom. The van der Waals surface area contributed by atoms with Crippen LogP contribution in [-0.2, 0) is 6.54 Å². The number of nitrogens with zero attached hydrogens (tertiary/aromatic N) is 1. The van der Waals surface area contributed by atoms with Crippen LogP contribution in [0.3, 0.4) is 0 Å². The van der Waals surface area contributed by atoms with E-state index in [0.29, 0.717) is 12.2 Å². The summed E-state index contributed by atoms with van der Waals surface area (Å²) in [6, 6.07) is 2.03. The maximum Gasteiger partial charge on any atom is 0.328 e. The van der Waals surface area contributed by atoms with Crippen molar-refractivity contribution in [3.05, 3.63) is 59.8 Å². The quantitative estimate of drug-likeness (QED) is 0.895. The van der Waals surface area contributed by atoms with E-state index in [-0.39, 0.29) is 23.4 Å². The van der Waals surface area contributed by atoms with Gasteiger partial charge in [-0.2, -0.15) is 0 Å². The number of halogens is 1. The molecule has 2 heterocycles. The van der Waals surface area contributed by atoms with E-state index in [1.807, 2.05) is 18.4 Å². The van der Waals surface area contributed by atoms with E-state index in [4.69, 9.17) is 5.73 Å². The fourth-order valence-corrected chi connectivity index (χ4v) is 4.42. The summed E-state index contributed by atoms with van der Waals surface area (Å²) in [7, 11) is 0. The molecule has 3 N–H and O–H groups in total. The van der Waals surface area contributed by atoms with Crippen LogP contribution in [-0.4, -0.2) is 9.55 Å². The first kappa shape index (κ1) is 15.5. The summed E-state index contributed by atoms with van der Waals surface area (Å²) in [5, 5.41) is 1.91. The van der Waals surface area contributed by atoms with Crippen LogP contribution in [0.2, 0.25) is 0 Å². The highest BCUT2D eigenvalue weighted by atomic mass is 32.1. The first-order valence-electron chi connectivity index (χ1n) is 8.04. The first-order valence-corrected chi connectivity index (χ1v) is 8.92. The molecule has 1 fully saturated rings. The van der Waals surface area contributed by atoms with Crippen LogP contribution in [0.15, 0.2) is 26.9 Å². The zero-order chi connectivity index (χ0) is 17.0. The Morgan fingerprint density at radius 1 is 1.42 bits per heavy atom. The predicted octanol–water partition coefficient (Wildman–Crippen LogP) is 2.60. The summed E-state index contributed by atoms with van der Waals surface area (Å²) in [5.74, 6) is -1.12. The Labute approximate surface area is 141 Å². The number of aromatic nitrogens is 2. The van der Waals surface area contributed by atoms with Gasteiger partial charge < -0.3 is 5.73 Å². The fraction of sp³-hybridized carbons (Fsp3) is 0.412. The Balaban J connectivity index is 1.91. The van der Waals surface area contributed by atoms with Crippen molar-refractivity contribution in [3.63, 3.8) is 0 Å². The minimum absolute atomic E-state index is 0.114. The smallest absolute Gasteiger partial charge is 0.326 e. The molecule has 2 unspecified atom stereocenters. The summed E-state index contributed by atoms with van der Waals surface area (Å²) in [6.07, 6.45) is 3.12. The van der Waals surface area contributed by atoms with E-state index >= 15 is 0 Å². The minimum Gasteiger partial charge on any atom is -0.326 e. The van der Waals surface area contributed by atoms with Crippen LogP contribution in [0.4, 0.5) is 4.39 Å². The maximum absolute atomic E-state index is 14.8. The lowest BCUT2D eigenvalue weighted by Gasteiger charge is -2.30. The first-order chi connectivity index (χ1) is 11.5. The van der Waals surface area contributed by atoms with Crippen molar-refractivity contribution in [1.29, 1.82) is 0 Å². The molecule has 126 valence electrons. The highest BCUT2D eigenvalue weighted by Gasteiger charge is 2.38. The molecular weight excluding hydrogens is 329 g/mol. The molecule has 0 radical (unpaired) electrons. The third-order valence-corrected chi connectivity index (χ3v) is 5.85. The average Bonchev–Trinajstić information content (AvgIpc) is 3.26. The SMILES string of the molecule is CC1c2c(c(=O)[nH]c(=O)n2C2CC2)C=C(F)C1c1csc(CN)c1. The van der Waals surface area contributed by atoms with E-state index in [0.717, 1.165) is 23.3 Å². The van der Waals surface area contributed by atoms with E-state index in [1.165, 1.54) is 17.4 Å². The molecule has 0 saturated heterocycles. The lowest BCUT2D eigenvalue weighted by atomic mass is 9.79. The Kier molecular flexibility index (Phi) is 3.58. The van der Waals surface area contributed by atoms with Crippen molar-refractivity contribution >= 4 is 17.4 Å². The molecule has 2 aromatic heterocycles. The number of aromatic amines is 1. The predicted molar refractivity (Wildman–Crippen MR) is 92.0 cm³/mol. The van der Waals surface area contributed by atoms with Crippen molar-refractivity contribution in [2.45, 2.75) is 44.2 Å². The molecule has 0 spiro atoms. The summed E-state index contributed by atoms with van der Waals surface area (Å²) in [4.78, 5) is 27.8. The summed E-state index contributed by atoms with van der Waals surface area (Å²) in [6.45, 7) is 2.30. The van der Waals surface area contributed by atoms with Gasteiger partial charge in [-0.1, -0.05) is 6.92 Å². The Hall–Kier alpha value is -1.99. The maximum atomic E-state index is 14.8. The molecule has 0 amide bonds. The van der Waals surface area contributed by atoms with Gasteiger partial charge in [-0.3, -0.25) is 14.3 Å². The summed E-state index contributed by atoms with van der Waals surface area (Å²) >= 11 is 1.50. The topological polar surface area (TPSA) is 80.9 Å². The van der Waals surface area contributed by atoms with Crippen molar-refractivity contribution in [2.75, 3.05) is 0 Å². The second-order valence-electron chi connectivity index (χ2n) is 6.51. The Bertz CT molecular complexity index is 951. The van der Waals surface area contributed by atoms with Crippen molar-refractivity contribution < 1.29 is 4.39 Å². The summed E-state index contributed by atoms with van der Waals surface area (Å²) < 4.78 is 16.5.